The molecule has 5 nitrogen and oxygen atoms in total. The molecule has 1 aliphatic rings. The van der Waals surface area contributed by atoms with Crippen LogP contribution in [0.15, 0.2) is 24.3 Å². The van der Waals surface area contributed by atoms with Crippen LogP contribution in [0, 0.1) is 0 Å². The Morgan fingerprint density at radius 3 is 2.64 bits per heavy atom. The van der Waals surface area contributed by atoms with Crippen LogP contribution in [0.4, 0.5) is 4.79 Å². The summed E-state index contributed by atoms with van der Waals surface area (Å²) in [6.07, 6.45) is 0.358. The van der Waals surface area contributed by atoms with Crippen LogP contribution in [0.25, 0.3) is 0 Å². The number of carbonyl (C=O) groups is 2. The van der Waals surface area contributed by atoms with Crippen LogP contribution < -0.4 is 5.32 Å². The Kier molecular flexibility index (Phi) is 4.96. The first-order chi connectivity index (χ1) is 10.3. The van der Waals surface area contributed by atoms with Gasteiger partial charge in [-0.15, -0.1) is 0 Å². The molecule has 1 atom stereocenters. The van der Waals surface area contributed by atoms with Crippen molar-refractivity contribution in [2.75, 3.05) is 13.1 Å². The number of nitrogens with one attached hydrogen (secondary N) is 1. The molecule has 2 rings (SSSR count). The van der Waals surface area contributed by atoms with E-state index in [9.17, 15) is 9.59 Å². The second-order valence-corrected chi connectivity index (χ2v) is 6.77. The first-order valence-corrected chi connectivity index (χ1v) is 7.67. The topological polar surface area (TPSA) is 58.6 Å². The van der Waals surface area contributed by atoms with Gasteiger partial charge >= 0.3 is 6.09 Å². The Hall–Kier alpha value is -1.75. The average Bonchev–Trinajstić information content (AvgIpc) is 2.85. The lowest BCUT2D eigenvalue weighted by atomic mass is 10.2. The minimum Gasteiger partial charge on any atom is -0.444 e. The van der Waals surface area contributed by atoms with E-state index in [-0.39, 0.29) is 18.0 Å². The van der Waals surface area contributed by atoms with E-state index < -0.39 is 5.60 Å². The van der Waals surface area contributed by atoms with E-state index in [1.165, 1.54) is 0 Å². The predicted octanol–water partition coefficient (Wildman–Crippen LogP) is 3.08. The van der Waals surface area contributed by atoms with Crippen LogP contribution in [0.5, 0.6) is 0 Å². The molecule has 1 N–H and O–H groups in total. The third-order valence-electron chi connectivity index (χ3n) is 3.29. The Balaban J connectivity index is 1.90. The number of halogens is 1. The van der Waals surface area contributed by atoms with Crippen molar-refractivity contribution in [2.24, 2.45) is 0 Å². The molecule has 1 aliphatic heterocycles. The molecule has 22 heavy (non-hydrogen) atoms. The number of hydrogen-bond acceptors (Lipinski definition) is 3. The van der Waals surface area contributed by atoms with Gasteiger partial charge in [-0.05, 0) is 39.3 Å². The maximum Gasteiger partial charge on any atom is 0.410 e. The molecule has 0 radical (unpaired) electrons. The van der Waals surface area contributed by atoms with Crippen LogP contribution in [0.2, 0.25) is 5.02 Å². The van der Waals surface area contributed by atoms with Gasteiger partial charge < -0.3 is 15.0 Å². The molecule has 1 aromatic rings. The molecular weight excluding hydrogens is 304 g/mol. The molecular formula is C16H21ClN2O3. The monoisotopic (exact) mass is 324 g/mol. The standard InChI is InChI=1S/C16H21ClN2O3/c1-16(2,3)22-15(21)19-9-8-11(10-19)18-14(20)12-6-4-5-7-13(12)17/h4-7,11H,8-10H2,1-3H3,(H,18,20). The average molecular weight is 325 g/mol. The number of nitrogens with zero attached hydrogens (tertiary/aromatic N) is 1. The number of benzene rings is 1. The lowest BCUT2D eigenvalue weighted by Gasteiger charge is -2.24. The molecule has 0 spiro atoms. The van der Waals surface area contributed by atoms with Gasteiger partial charge in [0, 0.05) is 19.1 Å². The first kappa shape index (κ1) is 16.6. The summed E-state index contributed by atoms with van der Waals surface area (Å²) in [6.45, 7) is 6.51. The highest BCUT2D eigenvalue weighted by atomic mass is 35.5. The minimum atomic E-state index is -0.518. The molecule has 1 unspecified atom stereocenters. The van der Waals surface area contributed by atoms with Gasteiger partial charge in [-0.3, -0.25) is 4.79 Å². The van der Waals surface area contributed by atoms with Crippen molar-refractivity contribution >= 4 is 23.6 Å². The fourth-order valence-corrected chi connectivity index (χ4v) is 2.50. The molecule has 1 heterocycles. The molecule has 0 aliphatic carbocycles. The summed E-state index contributed by atoms with van der Waals surface area (Å²) in [6, 6.07) is 6.81. The third-order valence-corrected chi connectivity index (χ3v) is 3.62. The van der Waals surface area contributed by atoms with Crippen LogP contribution in [-0.4, -0.2) is 41.6 Å². The molecule has 2 amide bonds. The summed E-state index contributed by atoms with van der Waals surface area (Å²) in [5.41, 5.74) is -0.0735. The Morgan fingerprint density at radius 2 is 2.00 bits per heavy atom. The normalized spacial score (nSPS) is 18.2. The smallest absolute Gasteiger partial charge is 0.410 e. The Labute approximate surface area is 135 Å². The van der Waals surface area contributed by atoms with Crippen molar-refractivity contribution in [3.63, 3.8) is 0 Å². The van der Waals surface area contributed by atoms with Crippen molar-refractivity contribution in [1.29, 1.82) is 0 Å². The Morgan fingerprint density at radius 1 is 1.32 bits per heavy atom. The number of hydrogen-bond donors (Lipinski definition) is 1. The molecule has 6 heteroatoms. The maximum atomic E-state index is 12.2. The lowest BCUT2D eigenvalue weighted by molar-refractivity contribution is 0.0290. The summed E-state index contributed by atoms with van der Waals surface area (Å²) < 4.78 is 5.33. The van der Waals surface area contributed by atoms with Crippen molar-refractivity contribution in [2.45, 2.75) is 38.8 Å². The second-order valence-electron chi connectivity index (χ2n) is 6.37. The van der Waals surface area contributed by atoms with E-state index in [0.29, 0.717) is 30.1 Å². The summed E-state index contributed by atoms with van der Waals surface area (Å²) in [4.78, 5) is 25.8. The highest BCUT2D eigenvalue weighted by Gasteiger charge is 2.30. The molecule has 1 aromatic carbocycles. The van der Waals surface area contributed by atoms with Gasteiger partial charge in [0.05, 0.1) is 10.6 Å². The summed E-state index contributed by atoms with van der Waals surface area (Å²) in [7, 11) is 0. The molecule has 1 fully saturated rings. The number of likely N-dealkylation sites (tertiary alicyclic amines) is 1. The van der Waals surface area contributed by atoms with Crippen molar-refractivity contribution in [3.8, 4) is 0 Å². The van der Waals surface area contributed by atoms with E-state index >= 15 is 0 Å². The van der Waals surface area contributed by atoms with Crippen LogP contribution in [0.3, 0.4) is 0 Å². The Bertz CT molecular complexity index is 569. The molecule has 0 aromatic heterocycles. The first-order valence-electron chi connectivity index (χ1n) is 7.29. The number of rotatable bonds is 2. The van der Waals surface area contributed by atoms with Gasteiger partial charge in [0.25, 0.3) is 5.91 Å². The fraction of sp³-hybridized carbons (Fsp3) is 0.500. The zero-order valence-electron chi connectivity index (χ0n) is 13.1. The van der Waals surface area contributed by atoms with Crippen molar-refractivity contribution in [1.82, 2.24) is 10.2 Å². The van der Waals surface area contributed by atoms with Gasteiger partial charge in [-0.25, -0.2) is 4.79 Å². The van der Waals surface area contributed by atoms with Gasteiger partial charge in [-0.1, -0.05) is 23.7 Å². The second kappa shape index (κ2) is 6.57. The SMILES string of the molecule is CC(C)(C)OC(=O)N1CCC(NC(=O)c2ccccc2Cl)C1. The zero-order valence-corrected chi connectivity index (χ0v) is 13.8. The zero-order chi connectivity index (χ0) is 16.3. The minimum absolute atomic E-state index is 0.0868. The van der Waals surface area contributed by atoms with E-state index in [0.717, 1.165) is 0 Å². The molecule has 120 valence electrons. The van der Waals surface area contributed by atoms with E-state index in [4.69, 9.17) is 16.3 Å². The van der Waals surface area contributed by atoms with Crippen molar-refractivity contribution in [3.05, 3.63) is 34.9 Å². The summed E-state index contributed by atoms with van der Waals surface area (Å²) in [5, 5.41) is 3.33. The number of carbonyl (C=O) groups excluding carboxylic acids is 2. The summed E-state index contributed by atoms with van der Waals surface area (Å²) >= 11 is 6.01. The van der Waals surface area contributed by atoms with Gasteiger partial charge in [0.1, 0.15) is 5.60 Å². The highest BCUT2D eigenvalue weighted by molar-refractivity contribution is 6.33. The molecule has 0 saturated carbocycles. The predicted molar refractivity (Wildman–Crippen MR) is 85.1 cm³/mol. The van der Waals surface area contributed by atoms with E-state index in [1.54, 1.807) is 29.2 Å². The van der Waals surface area contributed by atoms with E-state index in [1.807, 2.05) is 20.8 Å². The lowest BCUT2D eigenvalue weighted by Crippen LogP contribution is -2.40. The van der Waals surface area contributed by atoms with Crippen LogP contribution in [0.1, 0.15) is 37.6 Å². The van der Waals surface area contributed by atoms with Crippen LogP contribution >= 0.6 is 11.6 Å². The van der Waals surface area contributed by atoms with Crippen LogP contribution in [-0.2, 0) is 4.74 Å². The molecule has 0 bridgehead atoms. The number of amides is 2. The molecule has 1 saturated heterocycles. The summed E-state index contributed by atoms with van der Waals surface area (Å²) in [5.74, 6) is -0.221. The largest absolute Gasteiger partial charge is 0.444 e. The number of ether oxygens (including phenoxy) is 1. The third kappa shape index (κ3) is 4.37. The van der Waals surface area contributed by atoms with Crippen molar-refractivity contribution < 1.29 is 14.3 Å². The van der Waals surface area contributed by atoms with Gasteiger partial charge in [-0.2, -0.15) is 0 Å². The fourth-order valence-electron chi connectivity index (χ4n) is 2.28. The van der Waals surface area contributed by atoms with Gasteiger partial charge in [0.2, 0.25) is 0 Å². The maximum absolute atomic E-state index is 12.2. The van der Waals surface area contributed by atoms with Gasteiger partial charge in [0.15, 0.2) is 0 Å². The highest BCUT2D eigenvalue weighted by Crippen LogP contribution is 2.18. The van der Waals surface area contributed by atoms with E-state index in [2.05, 4.69) is 5.32 Å². The quantitative estimate of drug-likeness (QED) is 0.909.